The molecule has 0 radical (unpaired) electrons. The van der Waals surface area contributed by atoms with E-state index in [0.717, 1.165) is 42.4 Å². The smallest absolute Gasteiger partial charge is 0.251 e. The van der Waals surface area contributed by atoms with Crippen LogP contribution in [-0.4, -0.2) is 62.6 Å². The summed E-state index contributed by atoms with van der Waals surface area (Å²) in [4.78, 5) is 39.3. The second-order valence-electron chi connectivity index (χ2n) is 12.3. The number of nitrogens with one attached hydrogen (secondary N) is 2. The fourth-order valence-corrected chi connectivity index (χ4v) is 4.92. The molecule has 4 atom stereocenters. The van der Waals surface area contributed by atoms with E-state index in [1.54, 1.807) is 6.07 Å². The molecule has 1 saturated carbocycles. The average molecular weight is 566 g/mol. The van der Waals surface area contributed by atoms with Gasteiger partial charge >= 0.3 is 0 Å². The van der Waals surface area contributed by atoms with Gasteiger partial charge in [-0.3, -0.25) is 14.4 Å². The van der Waals surface area contributed by atoms with E-state index >= 15 is 0 Å². The number of H-pyrrole nitrogens is 1. The van der Waals surface area contributed by atoms with Gasteiger partial charge in [0.05, 0.1) is 25.5 Å². The molecule has 4 rings (SSSR count). The molecular weight excluding hydrogens is 522 g/mol. The number of hydrogen-bond acceptors (Lipinski definition) is 7. The van der Waals surface area contributed by atoms with Gasteiger partial charge in [-0.25, -0.2) is 13.6 Å². The van der Waals surface area contributed by atoms with E-state index in [2.05, 4.69) is 61.9 Å². The summed E-state index contributed by atoms with van der Waals surface area (Å²) in [5.41, 5.74) is 2.70. The molecule has 1 aromatic heterocycles. The molecule has 12 heteroatoms. The Kier molecular flexibility index (Phi) is 10.5. The lowest BCUT2D eigenvalue weighted by Crippen LogP contribution is -2.40. The first-order valence-electron chi connectivity index (χ1n) is 13.1. The minimum Gasteiger partial charge on any atom is -0.376 e. The molecule has 11 nitrogen and oxygen atoms in total. The molecule has 2 fully saturated rings. The second kappa shape index (κ2) is 12.6. The molecule has 2 amide bonds. The number of carbonyl (C=O) groups excluding carboxylic acids is 2. The van der Waals surface area contributed by atoms with E-state index in [-0.39, 0.29) is 23.3 Å². The highest BCUT2D eigenvalue weighted by molar-refractivity contribution is 7.88. The number of nitrogens with zero attached hydrogens (tertiary/aromatic N) is 2. The van der Waals surface area contributed by atoms with E-state index in [9.17, 15) is 22.8 Å². The lowest BCUT2D eigenvalue weighted by Gasteiger charge is -2.31. The number of sulfonamides is 1. The number of aromatic nitrogens is 1. The van der Waals surface area contributed by atoms with Crippen molar-refractivity contribution in [3.05, 3.63) is 33.2 Å². The van der Waals surface area contributed by atoms with Crippen molar-refractivity contribution in [2.24, 2.45) is 33.7 Å². The number of aromatic amines is 1. The number of rotatable bonds is 5. The van der Waals surface area contributed by atoms with Crippen LogP contribution in [-0.2, 0) is 43.8 Å². The molecule has 0 spiro atoms. The van der Waals surface area contributed by atoms with Gasteiger partial charge in [-0.2, -0.15) is 5.26 Å². The molecule has 1 aliphatic carbocycles. The zero-order chi connectivity index (χ0) is 29.8. The van der Waals surface area contributed by atoms with E-state index in [1.807, 2.05) is 6.07 Å². The quantitative estimate of drug-likeness (QED) is 0.451. The molecule has 39 heavy (non-hydrogen) atoms. The molecule has 3 unspecified atom stereocenters. The van der Waals surface area contributed by atoms with Gasteiger partial charge in [0.2, 0.25) is 22.3 Å². The monoisotopic (exact) mass is 565 g/mol. The number of ether oxygens (including phenoxy) is 1. The van der Waals surface area contributed by atoms with Crippen molar-refractivity contribution in [3.63, 3.8) is 0 Å². The number of piperidine rings is 1. The number of primary sulfonamides is 1. The van der Waals surface area contributed by atoms with E-state index < -0.39 is 16.1 Å². The number of likely N-dealkylation sites (tertiary alicyclic amines) is 1. The molecule has 2 aliphatic heterocycles. The van der Waals surface area contributed by atoms with Crippen LogP contribution in [0.1, 0.15) is 58.4 Å². The molecule has 218 valence electrons. The van der Waals surface area contributed by atoms with Gasteiger partial charge in [0.15, 0.2) is 0 Å². The summed E-state index contributed by atoms with van der Waals surface area (Å²) in [5.74, 6) is 2.02. The molecule has 4 N–H and O–H groups in total. The third-order valence-corrected chi connectivity index (χ3v) is 8.00. The van der Waals surface area contributed by atoms with Crippen molar-refractivity contribution in [1.29, 1.82) is 5.26 Å². The maximum Gasteiger partial charge on any atom is 0.251 e. The molecule has 0 aromatic carbocycles. The van der Waals surface area contributed by atoms with E-state index in [1.165, 1.54) is 0 Å². The van der Waals surface area contributed by atoms with Gasteiger partial charge in [-0.1, -0.05) is 41.5 Å². The highest BCUT2D eigenvalue weighted by Crippen LogP contribution is 2.62. The van der Waals surface area contributed by atoms with Crippen LogP contribution in [0.5, 0.6) is 0 Å². The van der Waals surface area contributed by atoms with Crippen LogP contribution in [0.15, 0.2) is 10.9 Å². The van der Waals surface area contributed by atoms with Gasteiger partial charge < -0.3 is 19.9 Å². The van der Waals surface area contributed by atoms with Crippen molar-refractivity contribution in [2.45, 2.75) is 67.0 Å². The summed E-state index contributed by atoms with van der Waals surface area (Å²) in [7, 11) is -3.17. The normalized spacial score (nSPS) is 22.3. The lowest BCUT2D eigenvalue weighted by atomic mass is 9.81. The number of nitriles is 1. The summed E-state index contributed by atoms with van der Waals surface area (Å²) >= 11 is 0. The van der Waals surface area contributed by atoms with Crippen molar-refractivity contribution in [3.8, 4) is 6.07 Å². The van der Waals surface area contributed by atoms with Crippen molar-refractivity contribution in [2.75, 3.05) is 26.0 Å². The number of amides is 2. The van der Waals surface area contributed by atoms with Gasteiger partial charge in [-0.15, -0.1) is 0 Å². The number of pyridine rings is 1. The number of nitrogens with two attached hydrogens (primary N) is 1. The first-order valence-corrected chi connectivity index (χ1v) is 15.0. The summed E-state index contributed by atoms with van der Waals surface area (Å²) in [6.07, 6.45) is 2.29. The van der Waals surface area contributed by atoms with Gasteiger partial charge in [-0.05, 0) is 34.3 Å². The Labute approximate surface area is 231 Å². The Hall–Kier alpha value is -2.75. The van der Waals surface area contributed by atoms with Gasteiger partial charge in [0, 0.05) is 43.1 Å². The first-order chi connectivity index (χ1) is 17.9. The largest absolute Gasteiger partial charge is 0.376 e. The minimum atomic E-state index is -3.17. The van der Waals surface area contributed by atoms with E-state index in [4.69, 9.17) is 10.00 Å². The Morgan fingerprint density at radius 3 is 2.41 bits per heavy atom. The van der Waals surface area contributed by atoms with Crippen molar-refractivity contribution < 1.29 is 22.7 Å². The van der Waals surface area contributed by atoms with Crippen molar-refractivity contribution >= 4 is 22.3 Å². The molecule has 1 saturated heterocycles. The first kappa shape index (κ1) is 32.5. The standard InChI is InChI=1S/C14H25NO.C12H13N3O3.CH5NO2S/c1-9(13(2,3)4)12(16)15-7-10-11(8-15)14(10,5)6;13-5-10(14-7-16)4-8-3-9-6-18-2-1-11(9)15-12(8)17;1-5(2,3)4/h9-11H,7-8H2,1-6H3;3,7,10H,1-2,4,6H2,(H,14,16)(H,15,17);1H3,(H2,2,3,4)/t9?,10-,11?;;/m0../s1. The summed E-state index contributed by atoms with van der Waals surface area (Å²) in [6.45, 7) is 16.2. The fraction of sp³-hybridized carbons (Fsp3) is 0.704. The predicted molar refractivity (Wildman–Crippen MR) is 148 cm³/mol. The summed E-state index contributed by atoms with van der Waals surface area (Å²) in [6, 6.07) is 3.00. The van der Waals surface area contributed by atoms with Crippen LogP contribution < -0.4 is 16.0 Å². The maximum absolute atomic E-state index is 12.3. The zero-order valence-electron chi connectivity index (χ0n) is 24.0. The minimum absolute atomic E-state index is 0.0827. The van der Waals surface area contributed by atoms with E-state index in [0.29, 0.717) is 42.9 Å². The molecule has 3 aliphatic rings. The SMILES string of the molecule is CC(C(=O)N1CC2[C@H](C1)C2(C)C)C(C)(C)C.CS(N)(=O)=O.N#CC(Cc1cc2c([nH]c1=O)CCOC2)NC=O. The van der Waals surface area contributed by atoms with Crippen LogP contribution in [0.4, 0.5) is 0 Å². The maximum atomic E-state index is 12.3. The van der Waals surface area contributed by atoms with Crippen LogP contribution in [0.3, 0.4) is 0 Å². The Morgan fingerprint density at radius 1 is 1.36 bits per heavy atom. The van der Waals surface area contributed by atoms with Gasteiger partial charge in [0.1, 0.15) is 6.04 Å². The third kappa shape index (κ3) is 9.15. The molecule has 1 aromatic rings. The summed E-state index contributed by atoms with van der Waals surface area (Å²) < 4.78 is 24.1. The lowest BCUT2D eigenvalue weighted by molar-refractivity contribution is -0.138. The topological polar surface area (TPSA) is 175 Å². The number of carbonyl (C=O) groups is 2. The molecule has 3 heterocycles. The van der Waals surface area contributed by atoms with Crippen LogP contribution in [0.2, 0.25) is 0 Å². The Balaban J connectivity index is 0.000000235. The van der Waals surface area contributed by atoms with Crippen LogP contribution in [0, 0.1) is 39.9 Å². The van der Waals surface area contributed by atoms with Crippen LogP contribution >= 0.6 is 0 Å². The second-order valence-corrected chi connectivity index (χ2v) is 14.0. The molecular formula is C27H43N5O6S. The highest BCUT2D eigenvalue weighted by atomic mass is 32.2. The van der Waals surface area contributed by atoms with Crippen molar-refractivity contribution in [1.82, 2.24) is 15.2 Å². The third-order valence-electron chi connectivity index (χ3n) is 8.00. The average Bonchev–Trinajstić information content (AvgIpc) is 3.14. The highest BCUT2D eigenvalue weighted by Gasteiger charge is 2.62. The Morgan fingerprint density at radius 2 is 1.92 bits per heavy atom. The summed E-state index contributed by atoms with van der Waals surface area (Å²) in [5, 5.41) is 15.5. The van der Waals surface area contributed by atoms with Crippen LogP contribution in [0.25, 0.3) is 0 Å². The van der Waals surface area contributed by atoms with Gasteiger partial charge in [0.25, 0.3) is 5.56 Å². The number of fused-ring (bicyclic) bond motifs is 2. The Bertz CT molecular complexity index is 1220. The fourth-order valence-electron chi connectivity index (χ4n) is 4.92. The number of hydrogen-bond donors (Lipinski definition) is 3. The molecule has 0 bridgehead atoms. The zero-order valence-corrected chi connectivity index (χ0v) is 24.9. The predicted octanol–water partition coefficient (Wildman–Crippen LogP) is 1.32.